The summed E-state index contributed by atoms with van der Waals surface area (Å²) >= 11 is 0. The zero-order chi connectivity index (χ0) is 19.8. The second kappa shape index (κ2) is 9.14. The van der Waals surface area contributed by atoms with Crippen LogP contribution >= 0.6 is 0 Å². The third kappa shape index (κ3) is 5.17. The third-order valence-electron chi connectivity index (χ3n) is 4.11. The molecular weight excluding hydrogens is 374 g/mol. The Bertz CT molecular complexity index is 1020. The second-order valence-corrected chi connectivity index (χ2v) is 7.84. The standard InChI is InChI=1S/C21H21N3O3S/c25-21(23-15-6-10-17-8-2-1-3-9-17)19-12-4-5-13-20(19)28(26,27)24-18-11-7-14-22-16-18/h1-5,7-9,11-14,16,24H,6,10,15H2,(H,23,25). The molecule has 0 radical (unpaired) electrons. The predicted molar refractivity (Wildman–Crippen MR) is 109 cm³/mol. The van der Waals surface area contributed by atoms with Crippen LogP contribution in [0.1, 0.15) is 22.3 Å². The molecule has 0 bridgehead atoms. The fraction of sp³-hybridized carbons (Fsp3) is 0.143. The molecule has 0 fully saturated rings. The highest BCUT2D eigenvalue weighted by molar-refractivity contribution is 7.92. The van der Waals surface area contributed by atoms with Crippen LogP contribution in [0.2, 0.25) is 0 Å². The molecule has 2 N–H and O–H groups in total. The number of benzene rings is 2. The van der Waals surface area contributed by atoms with Crippen LogP contribution in [0, 0.1) is 0 Å². The molecule has 0 aliphatic heterocycles. The maximum atomic E-state index is 12.7. The van der Waals surface area contributed by atoms with Crippen molar-refractivity contribution in [1.29, 1.82) is 0 Å². The number of sulfonamides is 1. The summed E-state index contributed by atoms with van der Waals surface area (Å²) in [6.07, 6.45) is 4.56. The molecule has 0 saturated heterocycles. The van der Waals surface area contributed by atoms with Crippen LogP contribution in [0.5, 0.6) is 0 Å². The number of aromatic nitrogens is 1. The lowest BCUT2D eigenvalue weighted by Crippen LogP contribution is -2.27. The summed E-state index contributed by atoms with van der Waals surface area (Å²) in [5.41, 5.74) is 1.64. The fourth-order valence-corrected chi connectivity index (χ4v) is 4.01. The largest absolute Gasteiger partial charge is 0.352 e. The van der Waals surface area contributed by atoms with Crippen LogP contribution in [-0.4, -0.2) is 25.9 Å². The van der Waals surface area contributed by atoms with Gasteiger partial charge in [0.2, 0.25) is 0 Å². The molecule has 7 heteroatoms. The molecule has 0 saturated carbocycles. The molecule has 1 amide bonds. The van der Waals surface area contributed by atoms with Crippen LogP contribution in [0.25, 0.3) is 0 Å². The van der Waals surface area contributed by atoms with Gasteiger partial charge in [0.25, 0.3) is 15.9 Å². The van der Waals surface area contributed by atoms with Crippen molar-refractivity contribution in [3.8, 4) is 0 Å². The van der Waals surface area contributed by atoms with Crippen LogP contribution in [0.3, 0.4) is 0 Å². The maximum absolute atomic E-state index is 12.7. The van der Waals surface area contributed by atoms with Gasteiger partial charge in [0.15, 0.2) is 0 Å². The summed E-state index contributed by atoms with van der Waals surface area (Å²) in [4.78, 5) is 16.4. The monoisotopic (exact) mass is 395 g/mol. The van der Waals surface area contributed by atoms with E-state index < -0.39 is 15.9 Å². The summed E-state index contributed by atoms with van der Waals surface area (Å²) in [6, 6.07) is 19.4. The van der Waals surface area contributed by atoms with Gasteiger partial charge < -0.3 is 5.32 Å². The van der Waals surface area contributed by atoms with E-state index in [0.29, 0.717) is 12.2 Å². The number of carbonyl (C=O) groups is 1. The number of amides is 1. The highest BCUT2D eigenvalue weighted by atomic mass is 32.2. The lowest BCUT2D eigenvalue weighted by atomic mass is 10.1. The first-order chi connectivity index (χ1) is 13.6. The molecule has 28 heavy (non-hydrogen) atoms. The lowest BCUT2D eigenvalue weighted by Gasteiger charge is -2.12. The van der Waals surface area contributed by atoms with Crippen LogP contribution < -0.4 is 10.0 Å². The summed E-state index contributed by atoms with van der Waals surface area (Å²) in [6.45, 7) is 0.456. The van der Waals surface area contributed by atoms with E-state index in [1.165, 1.54) is 23.9 Å². The first-order valence-corrected chi connectivity index (χ1v) is 10.4. The highest BCUT2D eigenvalue weighted by Crippen LogP contribution is 2.19. The topological polar surface area (TPSA) is 88.2 Å². The third-order valence-corrected chi connectivity index (χ3v) is 5.55. The maximum Gasteiger partial charge on any atom is 0.262 e. The van der Waals surface area contributed by atoms with Gasteiger partial charge in [-0.1, -0.05) is 42.5 Å². The first-order valence-electron chi connectivity index (χ1n) is 8.90. The van der Waals surface area contributed by atoms with Crippen LogP contribution in [0.4, 0.5) is 5.69 Å². The molecule has 0 atom stereocenters. The number of hydrogen-bond donors (Lipinski definition) is 2. The SMILES string of the molecule is O=C(NCCCc1ccccc1)c1ccccc1S(=O)(=O)Nc1cccnc1. The van der Waals surface area contributed by atoms with Crippen molar-refractivity contribution in [2.24, 2.45) is 0 Å². The molecule has 1 heterocycles. The Hall–Kier alpha value is -3.19. The Kier molecular flexibility index (Phi) is 6.39. The van der Waals surface area contributed by atoms with E-state index in [-0.39, 0.29) is 10.5 Å². The molecule has 3 aromatic rings. The Labute approximate surface area is 164 Å². The average Bonchev–Trinajstić information content (AvgIpc) is 2.72. The van der Waals surface area contributed by atoms with E-state index in [1.54, 1.807) is 30.5 Å². The van der Waals surface area contributed by atoms with Crippen molar-refractivity contribution in [3.05, 3.63) is 90.3 Å². The van der Waals surface area contributed by atoms with E-state index in [1.807, 2.05) is 30.3 Å². The fourth-order valence-electron chi connectivity index (χ4n) is 2.76. The molecule has 0 aliphatic rings. The van der Waals surface area contributed by atoms with Gasteiger partial charge in [-0.3, -0.25) is 14.5 Å². The summed E-state index contributed by atoms with van der Waals surface area (Å²) in [5.74, 6) is -0.416. The molecule has 0 aliphatic carbocycles. The molecule has 0 unspecified atom stereocenters. The van der Waals surface area contributed by atoms with E-state index in [9.17, 15) is 13.2 Å². The Morgan fingerprint density at radius 1 is 0.929 bits per heavy atom. The van der Waals surface area contributed by atoms with Crippen LogP contribution in [-0.2, 0) is 16.4 Å². The van der Waals surface area contributed by atoms with Gasteiger partial charge in [0, 0.05) is 12.7 Å². The molecule has 2 aromatic carbocycles. The quantitative estimate of drug-likeness (QED) is 0.573. The Morgan fingerprint density at radius 2 is 1.68 bits per heavy atom. The van der Waals surface area contributed by atoms with Gasteiger partial charge >= 0.3 is 0 Å². The summed E-state index contributed by atoms with van der Waals surface area (Å²) in [5, 5.41) is 2.80. The number of pyridine rings is 1. The zero-order valence-corrected chi connectivity index (χ0v) is 16.0. The van der Waals surface area contributed by atoms with Gasteiger partial charge in [-0.05, 0) is 42.7 Å². The van der Waals surface area contributed by atoms with Crippen molar-refractivity contribution in [1.82, 2.24) is 10.3 Å². The van der Waals surface area contributed by atoms with Gasteiger partial charge in [0.05, 0.1) is 17.4 Å². The average molecular weight is 395 g/mol. The van der Waals surface area contributed by atoms with Crippen molar-refractivity contribution in [2.45, 2.75) is 17.7 Å². The van der Waals surface area contributed by atoms with Gasteiger partial charge in [-0.15, -0.1) is 0 Å². The van der Waals surface area contributed by atoms with Crippen molar-refractivity contribution in [3.63, 3.8) is 0 Å². The smallest absolute Gasteiger partial charge is 0.262 e. The molecule has 6 nitrogen and oxygen atoms in total. The van der Waals surface area contributed by atoms with Crippen molar-refractivity contribution in [2.75, 3.05) is 11.3 Å². The molecule has 144 valence electrons. The number of hydrogen-bond acceptors (Lipinski definition) is 4. The van der Waals surface area contributed by atoms with Gasteiger partial charge in [0.1, 0.15) is 4.90 Å². The first kappa shape index (κ1) is 19.6. The molecule has 0 spiro atoms. The molecule has 3 rings (SSSR count). The van der Waals surface area contributed by atoms with E-state index >= 15 is 0 Å². The Morgan fingerprint density at radius 3 is 2.43 bits per heavy atom. The highest BCUT2D eigenvalue weighted by Gasteiger charge is 2.22. The minimum atomic E-state index is -3.91. The lowest BCUT2D eigenvalue weighted by molar-refractivity contribution is 0.0950. The molecular formula is C21H21N3O3S. The summed E-state index contributed by atoms with van der Waals surface area (Å²) < 4.78 is 27.9. The zero-order valence-electron chi connectivity index (χ0n) is 15.2. The number of nitrogens with zero attached hydrogens (tertiary/aromatic N) is 1. The second-order valence-electron chi connectivity index (χ2n) is 6.19. The van der Waals surface area contributed by atoms with Gasteiger partial charge in [-0.25, -0.2) is 8.42 Å². The normalized spacial score (nSPS) is 11.0. The predicted octanol–water partition coefficient (Wildman–Crippen LogP) is 3.25. The summed E-state index contributed by atoms with van der Waals surface area (Å²) in [7, 11) is -3.91. The van der Waals surface area contributed by atoms with E-state index in [2.05, 4.69) is 15.0 Å². The Balaban J connectivity index is 1.66. The number of carbonyl (C=O) groups excluding carboxylic acids is 1. The van der Waals surface area contributed by atoms with Crippen molar-refractivity contribution >= 4 is 21.6 Å². The van der Waals surface area contributed by atoms with Gasteiger partial charge in [-0.2, -0.15) is 0 Å². The van der Waals surface area contributed by atoms with E-state index in [4.69, 9.17) is 0 Å². The van der Waals surface area contributed by atoms with E-state index in [0.717, 1.165) is 12.8 Å². The number of aryl methyl sites for hydroxylation is 1. The van der Waals surface area contributed by atoms with Crippen molar-refractivity contribution < 1.29 is 13.2 Å². The number of nitrogens with one attached hydrogen (secondary N) is 2. The number of rotatable bonds is 8. The minimum Gasteiger partial charge on any atom is -0.352 e. The number of anilines is 1. The minimum absolute atomic E-state index is 0.0700. The molecule has 1 aromatic heterocycles. The van der Waals surface area contributed by atoms with Crippen LogP contribution in [0.15, 0.2) is 84.0 Å².